The number of nitrogens with zero attached hydrogens (tertiary/aromatic N) is 1. The monoisotopic (exact) mass is 261 g/mol. The number of aliphatic imine (C=N–C) groups is 1. The fourth-order valence-electron chi connectivity index (χ4n) is 0.264. The van der Waals surface area contributed by atoms with E-state index in [-0.39, 0.29) is 20.7 Å². The standard InChI is InChI=1S/C4H2Cl2IN/c5-3-2-8-4(6)1-7-3/h1-2H. The average Bonchev–Trinajstić information content (AvgIpc) is 1.77. The molecule has 0 aromatic carbocycles. The smallest absolute Gasteiger partial charge is 0.134 e. The van der Waals surface area contributed by atoms with Gasteiger partial charge in [0.05, 0.1) is 9.24 Å². The predicted octanol–water partition coefficient (Wildman–Crippen LogP) is 2.45. The topological polar surface area (TPSA) is 12.4 Å². The summed E-state index contributed by atoms with van der Waals surface area (Å²) in [6.07, 6.45) is 1.61. The number of rotatable bonds is 0. The first-order valence-corrected chi connectivity index (χ1v) is 4.92. The molecule has 0 aliphatic carbocycles. The maximum Gasteiger partial charge on any atom is 0.134 e. The highest BCUT2D eigenvalue weighted by molar-refractivity contribution is 14.2. The van der Waals surface area contributed by atoms with E-state index in [1.165, 1.54) is 0 Å². The molecular weight excluding hydrogens is 260 g/mol. The Labute approximate surface area is 67.1 Å². The molecule has 8 heavy (non-hydrogen) atoms. The SMILES string of the molecule is ClC1=CN=C(Cl)C=I1. The zero-order valence-corrected chi connectivity index (χ0v) is 7.41. The first-order valence-electron chi connectivity index (χ1n) is 1.84. The van der Waals surface area contributed by atoms with E-state index in [9.17, 15) is 0 Å². The molecule has 4 heteroatoms. The van der Waals surface area contributed by atoms with Crippen LogP contribution in [0.4, 0.5) is 0 Å². The van der Waals surface area contributed by atoms with E-state index in [0.717, 1.165) is 3.04 Å². The molecule has 0 bridgehead atoms. The van der Waals surface area contributed by atoms with Crippen molar-refractivity contribution in [2.75, 3.05) is 0 Å². The van der Waals surface area contributed by atoms with E-state index in [2.05, 4.69) is 4.99 Å². The van der Waals surface area contributed by atoms with Crippen LogP contribution < -0.4 is 0 Å². The van der Waals surface area contributed by atoms with Crippen LogP contribution in [0.2, 0.25) is 0 Å². The Morgan fingerprint density at radius 2 is 2.25 bits per heavy atom. The molecule has 0 spiro atoms. The maximum atomic E-state index is 5.59. The zero-order chi connectivity index (χ0) is 5.98. The van der Waals surface area contributed by atoms with Crippen molar-refractivity contribution in [1.29, 1.82) is 0 Å². The Kier molecular flexibility index (Phi) is 2.46. The molecule has 0 aromatic rings. The number of hydrogen-bond acceptors (Lipinski definition) is 1. The first-order chi connectivity index (χ1) is 3.79. The molecular formula is C4H2Cl2IN. The van der Waals surface area contributed by atoms with Crippen LogP contribution in [0.3, 0.4) is 0 Å². The van der Waals surface area contributed by atoms with Crippen molar-refractivity contribution in [3.8, 4) is 0 Å². The van der Waals surface area contributed by atoms with Gasteiger partial charge in [-0.05, 0) is 0 Å². The Hall–Kier alpha value is 0.590. The van der Waals surface area contributed by atoms with Gasteiger partial charge < -0.3 is 0 Å². The molecule has 0 radical (unpaired) electrons. The molecule has 0 aromatic heterocycles. The molecule has 0 atom stereocenters. The summed E-state index contributed by atoms with van der Waals surface area (Å²) in [5, 5.41) is 0.571. The molecule has 0 unspecified atom stereocenters. The summed E-state index contributed by atoms with van der Waals surface area (Å²) in [4.78, 5) is 3.77. The summed E-state index contributed by atoms with van der Waals surface area (Å²) in [5.74, 6) is 0. The van der Waals surface area contributed by atoms with Gasteiger partial charge in [-0.25, -0.2) is 4.99 Å². The van der Waals surface area contributed by atoms with Gasteiger partial charge >= 0.3 is 0 Å². The van der Waals surface area contributed by atoms with E-state index >= 15 is 0 Å². The normalized spacial score (nSPS) is 18.8. The minimum atomic E-state index is -0.149. The lowest BCUT2D eigenvalue weighted by atomic mass is 10.8. The van der Waals surface area contributed by atoms with Gasteiger partial charge in [0.2, 0.25) is 0 Å². The maximum absolute atomic E-state index is 5.59. The lowest BCUT2D eigenvalue weighted by Crippen LogP contribution is -1.85. The molecule has 0 N–H and O–H groups in total. The molecule has 1 nitrogen and oxygen atoms in total. The Bertz CT molecular complexity index is 162. The van der Waals surface area contributed by atoms with Crippen LogP contribution in [-0.4, -0.2) is 9.18 Å². The minimum absolute atomic E-state index is 0.149. The average molecular weight is 262 g/mol. The Morgan fingerprint density at radius 3 is 2.62 bits per heavy atom. The molecule has 0 fully saturated rings. The Balaban J connectivity index is 2.86. The third kappa shape index (κ3) is 1.84. The molecule has 1 aliphatic heterocycles. The van der Waals surface area contributed by atoms with Crippen molar-refractivity contribution in [2.45, 2.75) is 0 Å². The van der Waals surface area contributed by atoms with Gasteiger partial charge in [-0.2, -0.15) is 0 Å². The van der Waals surface area contributed by atoms with E-state index in [1.807, 2.05) is 4.01 Å². The van der Waals surface area contributed by atoms with Gasteiger partial charge in [0, 0.05) is 4.01 Å². The molecule has 1 heterocycles. The van der Waals surface area contributed by atoms with Crippen LogP contribution in [0.1, 0.15) is 0 Å². The van der Waals surface area contributed by atoms with Crippen LogP contribution in [-0.2, 0) is 0 Å². The van der Waals surface area contributed by atoms with Crippen LogP contribution in [0.15, 0.2) is 14.2 Å². The summed E-state index contributed by atoms with van der Waals surface area (Å²) in [6.45, 7) is 0. The first kappa shape index (κ1) is 6.71. The second kappa shape index (κ2) is 2.94. The van der Waals surface area contributed by atoms with Crippen molar-refractivity contribution in [2.24, 2.45) is 4.99 Å². The van der Waals surface area contributed by atoms with Gasteiger partial charge in [0.1, 0.15) is 5.17 Å². The number of halogens is 3. The lowest BCUT2D eigenvalue weighted by molar-refractivity contribution is 1.62. The van der Waals surface area contributed by atoms with Crippen molar-refractivity contribution in [3.05, 3.63) is 9.24 Å². The highest BCUT2D eigenvalue weighted by atomic mass is 127. The highest BCUT2D eigenvalue weighted by Gasteiger charge is 1.92. The quantitative estimate of drug-likeness (QED) is 0.594. The van der Waals surface area contributed by atoms with Crippen molar-refractivity contribution in [3.63, 3.8) is 0 Å². The van der Waals surface area contributed by atoms with Crippen molar-refractivity contribution < 1.29 is 0 Å². The largest absolute Gasteiger partial charge is 0.242 e. The van der Waals surface area contributed by atoms with Crippen LogP contribution in [0, 0.1) is 0 Å². The fraction of sp³-hybridized carbons (Fsp3) is 0. The van der Waals surface area contributed by atoms with Crippen LogP contribution in [0.25, 0.3) is 0 Å². The Morgan fingerprint density at radius 1 is 1.50 bits per heavy atom. The summed E-state index contributed by atoms with van der Waals surface area (Å²) in [7, 11) is 0. The molecule has 44 valence electrons. The van der Waals surface area contributed by atoms with Crippen LogP contribution in [0.5, 0.6) is 0 Å². The summed E-state index contributed by atoms with van der Waals surface area (Å²) in [6, 6.07) is 0. The van der Waals surface area contributed by atoms with E-state index < -0.39 is 0 Å². The molecule has 0 saturated carbocycles. The molecule has 0 amide bonds. The minimum Gasteiger partial charge on any atom is -0.242 e. The third-order valence-electron chi connectivity index (χ3n) is 0.534. The molecule has 1 aliphatic rings. The van der Waals surface area contributed by atoms with E-state index in [4.69, 9.17) is 23.2 Å². The van der Waals surface area contributed by atoms with Crippen molar-refractivity contribution >= 4 is 53.1 Å². The molecule has 1 rings (SSSR count). The molecule has 0 saturated heterocycles. The summed E-state index contributed by atoms with van der Waals surface area (Å²) >= 11 is 10.9. The van der Waals surface area contributed by atoms with Gasteiger partial charge in [-0.15, -0.1) is 0 Å². The van der Waals surface area contributed by atoms with Gasteiger partial charge in [-0.1, -0.05) is 43.9 Å². The second-order valence-electron chi connectivity index (χ2n) is 1.09. The summed E-state index contributed by atoms with van der Waals surface area (Å²) in [5.41, 5.74) is 0. The van der Waals surface area contributed by atoms with E-state index in [1.54, 1.807) is 6.20 Å². The van der Waals surface area contributed by atoms with Gasteiger partial charge in [0.15, 0.2) is 0 Å². The fourth-order valence-corrected chi connectivity index (χ4v) is 1.93. The van der Waals surface area contributed by atoms with Crippen LogP contribution >= 0.6 is 43.9 Å². The number of hydrogen-bond donors (Lipinski definition) is 0. The van der Waals surface area contributed by atoms with E-state index in [0.29, 0.717) is 5.17 Å². The zero-order valence-electron chi connectivity index (χ0n) is 3.74. The predicted molar refractivity (Wildman–Crippen MR) is 47.3 cm³/mol. The van der Waals surface area contributed by atoms with Gasteiger partial charge in [-0.3, -0.25) is 0 Å². The van der Waals surface area contributed by atoms with Crippen molar-refractivity contribution in [1.82, 2.24) is 0 Å². The lowest BCUT2D eigenvalue weighted by Gasteiger charge is -1.91. The van der Waals surface area contributed by atoms with Gasteiger partial charge in [0.25, 0.3) is 0 Å². The second-order valence-corrected chi connectivity index (χ2v) is 4.93. The highest BCUT2D eigenvalue weighted by Crippen LogP contribution is 2.21. The summed E-state index contributed by atoms with van der Waals surface area (Å²) < 4.78 is 2.72. The third-order valence-corrected chi connectivity index (χ3v) is 3.53.